The Morgan fingerprint density at radius 2 is 1.89 bits per heavy atom. The van der Waals surface area contributed by atoms with Gasteiger partial charge in [-0.3, -0.25) is 23.4 Å². The van der Waals surface area contributed by atoms with Gasteiger partial charge in [-0.1, -0.05) is 0 Å². The van der Waals surface area contributed by atoms with E-state index in [9.17, 15) is 14.4 Å². The zero-order valence-corrected chi connectivity index (χ0v) is 20.7. The lowest BCUT2D eigenvalue weighted by atomic mass is 10.1. The summed E-state index contributed by atoms with van der Waals surface area (Å²) in [7, 11) is 1.56. The van der Waals surface area contributed by atoms with Gasteiger partial charge in [0.2, 0.25) is 5.71 Å². The molecular weight excluding hydrogens is 476 g/mol. The number of amides is 2. The molecule has 0 radical (unpaired) electrons. The van der Waals surface area contributed by atoms with Crippen molar-refractivity contribution in [2.45, 2.75) is 27.3 Å². The van der Waals surface area contributed by atoms with Gasteiger partial charge in [0.15, 0.2) is 0 Å². The predicted octanol–water partition coefficient (Wildman–Crippen LogP) is 3.79. The normalized spacial score (nSPS) is 11.1. The van der Waals surface area contributed by atoms with Gasteiger partial charge < -0.3 is 19.8 Å². The molecule has 0 spiro atoms. The Labute approximate surface area is 210 Å². The second-order valence-corrected chi connectivity index (χ2v) is 8.43. The van der Waals surface area contributed by atoms with Crippen LogP contribution < -0.4 is 20.9 Å². The zero-order chi connectivity index (χ0) is 26.3. The first kappa shape index (κ1) is 23.8. The van der Waals surface area contributed by atoms with Crippen LogP contribution >= 0.6 is 0 Å². The Kier molecular flexibility index (Phi) is 5.96. The van der Waals surface area contributed by atoms with Gasteiger partial charge in [0, 0.05) is 30.2 Å². The number of nitrogens with one attached hydrogen (secondary N) is 2. The highest BCUT2D eigenvalue weighted by Gasteiger charge is 2.23. The first-order valence-electron chi connectivity index (χ1n) is 11.5. The van der Waals surface area contributed by atoms with Crippen LogP contribution in [0.3, 0.4) is 0 Å². The van der Waals surface area contributed by atoms with Crippen LogP contribution in [-0.4, -0.2) is 37.9 Å². The standard InChI is InChI=1S/C26H24N6O5/c1-5-31-13-28-25-22(26(31)35)21(15(3)37-25)24(34)29-16-6-7-18(14(2)10-16)30-23(33)19-12-27-20-11-17(36-4)8-9-32(19)20/h6-13H,5H2,1-4H3,(H,29,34)(H,30,33). The van der Waals surface area contributed by atoms with Crippen molar-refractivity contribution in [1.82, 2.24) is 18.9 Å². The van der Waals surface area contributed by atoms with Crippen molar-refractivity contribution in [3.63, 3.8) is 0 Å². The molecule has 2 N–H and O–H groups in total. The molecule has 11 nitrogen and oxygen atoms in total. The Morgan fingerprint density at radius 1 is 1.08 bits per heavy atom. The van der Waals surface area contributed by atoms with E-state index in [1.807, 2.05) is 13.8 Å². The summed E-state index contributed by atoms with van der Waals surface area (Å²) < 4.78 is 13.8. The highest BCUT2D eigenvalue weighted by atomic mass is 16.5. The summed E-state index contributed by atoms with van der Waals surface area (Å²) in [6.45, 7) is 5.67. The minimum Gasteiger partial charge on any atom is -0.497 e. The van der Waals surface area contributed by atoms with Gasteiger partial charge in [0.05, 0.1) is 18.9 Å². The molecule has 2 amide bonds. The number of carbonyl (C=O) groups is 2. The molecular formula is C26H24N6O5. The Hall–Kier alpha value is -4.93. The third-order valence-corrected chi connectivity index (χ3v) is 6.11. The molecule has 0 aliphatic carbocycles. The number of hydrogen-bond acceptors (Lipinski definition) is 7. The molecule has 5 aromatic rings. The summed E-state index contributed by atoms with van der Waals surface area (Å²) in [5.41, 5.74) is 2.68. The smallest absolute Gasteiger partial charge is 0.274 e. The van der Waals surface area contributed by atoms with Crippen LogP contribution in [0.15, 0.2) is 58.3 Å². The van der Waals surface area contributed by atoms with Gasteiger partial charge in [-0.25, -0.2) is 9.97 Å². The fraction of sp³-hybridized carbons (Fsp3) is 0.192. The van der Waals surface area contributed by atoms with Crippen molar-refractivity contribution in [2.24, 2.45) is 0 Å². The third kappa shape index (κ3) is 4.20. The molecule has 0 saturated carbocycles. The van der Waals surface area contributed by atoms with Crippen LogP contribution in [0.5, 0.6) is 5.75 Å². The second-order valence-electron chi connectivity index (χ2n) is 8.43. The fourth-order valence-electron chi connectivity index (χ4n) is 4.15. The average Bonchev–Trinajstić information content (AvgIpc) is 3.46. The molecule has 0 aliphatic rings. The maximum atomic E-state index is 13.1. The number of aromatic nitrogens is 4. The van der Waals surface area contributed by atoms with Crippen molar-refractivity contribution in [3.05, 3.63) is 82.0 Å². The van der Waals surface area contributed by atoms with Gasteiger partial charge in [-0.2, -0.15) is 0 Å². The molecule has 11 heteroatoms. The molecule has 0 atom stereocenters. The van der Waals surface area contributed by atoms with E-state index in [0.717, 1.165) is 5.56 Å². The topological polar surface area (TPSA) is 133 Å². The SMILES string of the molecule is CCn1cnc2oc(C)c(C(=O)Nc3ccc(NC(=O)c4cnc5cc(OC)ccn45)c(C)c3)c2c1=O. The number of anilines is 2. The number of pyridine rings is 1. The Morgan fingerprint density at radius 3 is 2.62 bits per heavy atom. The van der Waals surface area contributed by atoms with E-state index in [-0.39, 0.29) is 28.1 Å². The molecule has 5 rings (SSSR count). The first-order chi connectivity index (χ1) is 17.8. The fourth-order valence-corrected chi connectivity index (χ4v) is 4.15. The summed E-state index contributed by atoms with van der Waals surface area (Å²) in [5.74, 6) is 0.126. The number of rotatable bonds is 6. The van der Waals surface area contributed by atoms with Crippen LogP contribution in [0.25, 0.3) is 16.7 Å². The van der Waals surface area contributed by atoms with Crippen LogP contribution in [-0.2, 0) is 6.54 Å². The monoisotopic (exact) mass is 500 g/mol. The van der Waals surface area contributed by atoms with E-state index < -0.39 is 5.91 Å². The molecule has 188 valence electrons. The van der Waals surface area contributed by atoms with Crippen molar-refractivity contribution < 1.29 is 18.7 Å². The number of fused-ring (bicyclic) bond motifs is 2. The van der Waals surface area contributed by atoms with Crippen molar-refractivity contribution in [1.29, 1.82) is 0 Å². The van der Waals surface area contributed by atoms with E-state index in [0.29, 0.717) is 40.8 Å². The van der Waals surface area contributed by atoms with Crippen LogP contribution in [0.1, 0.15) is 39.1 Å². The van der Waals surface area contributed by atoms with E-state index in [1.54, 1.807) is 55.0 Å². The summed E-state index contributed by atoms with van der Waals surface area (Å²) in [4.78, 5) is 47.3. The zero-order valence-electron chi connectivity index (χ0n) is 20.7. The second kappa shape index (κ2) is 9.26. The number of imidazole rings is 1. The number of carbonyl (C=O) groups excluding carboxylic acids is 2. The molecule has 1 aromatic carbocycles. The van der Waals surface area contributed by atoms with Gasteiger partial charge >= 0.3 is 0 Å². The maximum absolute atomic E-state index is 13.1. The largest absolute Gasteiger partial charge is 0.497 e. The van der Waals surface area contributed by atoms with Gasteiger partial charge in [-0.05, 0) is 50.6 Å². The average molecular weight is 501 g/mol. The van der Waals surface area contributed by atoms with Crippen molar-refractivity contribution in [2.75, 3.05) is 17.7 Å². The number of nitrogens with zero attached hydrogens (tertiary/aromatic N) is 4. The molecule has 0 fully saturated rings. The summed E-state index contributed by atoms with van der Waals surface area (Å²) in [6.07, 6.45) is 4.61. The number of benzene rings is 1. The lowest BCUT2D eigenvalue weighted by Gasteiger charge is -2.11. The van der Waals surface area contributed by atoms with E-state index in [4.69, 9.17) is 9.15 Å². The predicted molar refractivity (Wildman–Crippen MR) is 138 cm³/mol. The summed E-state index contributed by atoms with van der Waals surface area (Å²) in [6, 6.07) is 8.57. The van der Waals surface area contributed by atoms with Crippen LogP contribution in [0.4, 0.5) is 11.4 Å². The lowest BCUT2D eigenvalue weighted by Crippen LogP contribution is -2.22. The summed E-state index contributed by atoms with van der Waals surface area (Å²) in [5, 5.41) is 5.84. The van der Waals surface area contributed by atoms with Crippen molar-refractivity contribution in [3.8, 4) is 5.75 Å². The molecule has 0 saturated heterocycles. The molecule has 37 heavy (non-hydrogen) atoms. The number of hydrogen-bond donors (Lipinski definition) is 2. The quantitative estimate of drug-likeness (QED) is 0.362. The number of ether oxygens (including phenoxy) is 1. The van der Waals surface area contributed by atoms with E-state index in [2.05, 4.69) is 20.6 Å². The minimum atomic E-state index is -0.485. The highest BCUT2D eigenvalue weighted by Crippen LogP contribution is 2.25. The first-order valence-corrected chi connectivity index (χ1v) is 11.5. The molecule has 4 aromatic heterocycles. The number of furan rings is 1. The van der Waals surface area contributed by atoms with Crippen LogP contribution in [0.2, 0.25) is 0 Å². The number of aryl methyl sites for hydroxylation is 3. The highest BCUT2D eigenvalue weighted by molar-refractivity contribution is 6.12. The van der Waals surface area contributed by atoms with E-state index >= 15 is 0 Å². The van der Waals surface area contributed by atoms with Gasteiger partial charge in [-0.15, -0.1) is 0 Å². The maximum Gasteiger partial charge on any atom is 0.274 e. The minimum absolute atomic E-state index is 0.123. The third-order valence-electron chi connectivity index (χ3n) is 6.11. The number of methoxy groups -OCH3 is 1. The van der Waals surface area contributed by atoms with Gasteiger partial charge in [0.25, 0.3) is 17.4 Å². The van der Waals surface area contributed by atoms with E-state index in [1.165, 1.54) is 17.1 Å². The molecule has 0 unspecified atom stereocenters. The molecule has 0 bridgehead atoms. The van der Waals surface area contributed by atoms with Gasteiger partial charge in [0.1, 0.15) is 34.6 Å². The summed E-state index contributed by atoms with van der Waals surface area (Å²) >= 11 is 0. The van der Waals surface area contributed by atoms with Crippen molar-refractivity contribution >= 4 is 39.9 Å². The Bertz CT molecular complexity index is 1750. The molecule has 0 aliphatic heterocycles. The van der Waals surface area contributed by atoms with Crippen LogP contribution in [0, 0.1) is 13.8 Å². The lowest BCUT2D eigenvalue weighted by molar-refractivity contribution is 0.101. The Balaban J connectivity index is 1.37. The molecule has 4 heterocycles.